The SMILES string of the molecule is O=C(c1ccnc(N[C@H]2CC[C@@H]3CCC[C@@H]32)c1)N1CCCC1. The first kappa shape index (κ1) is 14.0. The number of carbonyl (C=O) groups is 1. The van der Waals surface area contributed by atoms with Gasteiger partial charge >= 0.3 is 0 Å². The minimum atomic E-state index is 0.160. The molecule has 1 N–H and O–H groups in total. The molecule has 4 nitrogen and oxygen atoms in total. The average molecular weight is 299 g/mol. The number of nitrogens with zero attached hydrogens (tertiary/aromatic N) is 2. The number of nitrogens with one attached hydrogen (secondary N) is 1. The van der Waals surface area contributed by atoms with Gasteiger partial charge in [-0.25, -0.2) is 4.98 Å². The van der Waals surface area contributed by atoms with Crippen LogP contribution in [0.3, 0.4) is 0 Å². The predicted molar refractivity (Wildman–Crippen MR) is 86.9 cm³/mol. The molecule has 2 saturated carbocycles. The predicted octanol–water partition coefficient (Wildman–Crippen LogP) is 3.31. The molecule has 0 aromatic carbocycles. The molecule has 4 rings (SSSR count). The van der Waals surface area contributed by atoms with Crippen molar-refractivity contribution in [2.24, 2.45) is 11.8 Å². The van der Waals surface area contributed by atoms with Gasteiger partial charge in [0.2, 0.25) is 0 Å². The fourth-order valence-electron chi connectivity index (χ4n) is 4.68. The molecule has 1 aromatic rings. The smallest absolute Gasteiger partial charge is 0.254 e. The van der Waals surface area contributed by atoms with Crippen LogP contribution in [-0.2, 0) is 0 Å². The third-order valence-electron chi connectivity index (χ3n) is 5.82. The highest BCUT2D eigenvalue weighted by Gasteiger charge is 2.39. The van der Waals surface area contributed by atoms with Crippen molar-refractivity contribution in [3.05, 3.63) is 23.9 Å². The van der Waals surface area contributed by atoms with Crippen LogP contribution >= 0.6 is 0 Å². The van der Waals surface area contributed by atoms with Gasteiger partial charge in [-0.15, -0.1) is 0 Å². The monoisotopic (exact) mass is 299 g/mol. The summed E-state index contributed by atoms with van der Waals surface area (Å²) in [6.07, 6.45) is 10.8. The maximum absolute atomic E-state index is 12.5. The second kappa shape index (κ2) is 5.90. The first-order valence-corrected chi connectivity index (χ1v) is 8.83. The highest BCUT2D eigenvalue weighted by molar-refractivity contribution is 5.95. The summed E-state index contributed by atoms with van der Waals surface area (Å²) in [5, 5.41) is 3.62. The van der Waals surface area contributed by atoms with Crippen LogP contribution in [0.25, 0.3) is 0 Å². The fraction of sp³-hybridized carbons (Fsp3) is 0.667. The van der Waals surface area contributed by atoms with Crippen LogP contribution < -0.4 is 5.32 Å². The lowest BCUT2D eigenvalue weighted by atomic mass is 9.97. The molecule has 0 unspecified atom stereocenters. The van der Waals surface area contributed by atoms with Gasteiger partial charge in [0.05, 0.1) is 0 Å². The molecule has 1 amide bonds. The molecule has 118 valence electrons. The van der Waals surface area contributed by atoms with E-state index in [4.69, 9.17) is 0 Å². The Bertz CT molecular complexity index is 553. The van der Waals surface area contributed by atoms with Crippen molar-refractivity contribution < 1.29 is 4.79 Å². The first-order chi connectivity index (χ1) is 10.8. The van der Waals surface area contributed by atoms with Crippen molar-refractivity contribution in [2.45, 2.75) is 51.0 Å². The van der Waals surface area contributed by atoms with Crippen LogP contribution in [0.4, 0.5) is 5.82 Å². The summed E-state index contributed by atoms with van der Waals surface area (Å²) < 4.78 is 0. The number of hydrogen-bond acceptors (Lipinski definition) is 3. The van der Waals surface area contributed by atoms with E-state index in [-0.39, 0.29) is 5.91 Å². The minimum Gasteiger partial charge on any atom is -0.367 e. The molecular weight excluding hydrogens is 274 g/mol. The number of likely N-dealkylation sites (tertiary alicyclic amines) is 1. The zero-order chi connectivity index (χ0) is 14.9. The van der Waals surface area contributed by atoms with E-state index in [1.54, 1.807) is 6.20 Å². The summed E-state index contributed by atoms with van der Waals surface area (Å²) in [6, 6.07) is 4.35. The molecule has 4 heteroatoms. The molecule has 0 radical (unpaired) electrons. The van der Waals surface area contributed by atoms with Crippen LogP contribution in [0, 0.1) is 11.8 Å². The number of rotatable bonds is 3. The van der Waals surface area contributed by atoms with Gasteiger partial charge in [0.1, 0.15) is 5.82 Å². The fourth-order valence-corrected chi connectivity index (χ4v) is 4.68. The number of amides is 1. The number of carbonyl (C=O) groups excluding carboxylic acids is 1. The number of pyridine rings is 1. The Morgan fingerprint density at radius 2 is 2.00 bits per heavy atom. The highest BCUT2D eigenvalue weighted by Crippen LogP contribution is 2.44. The number of hydrogen-bond donors (Lipinski definition) is 1. The van der Waals surface area contributed by atoms with Crippen molar-refractivity contribution in [1.82, 2.24) is 9.88 Å². The Kier molecular flexibility index (Phi) is 3.77. The maximum atomic E-state index is 12.5. The molecule has 3 fully saturated rings. The summed E-state index contributed by atoms with van der Waals surface area (Å²) in [6.45, 7) is 1.80. The van der Waals surface area contributed by atoms with Gasteiger partial charge < -0.3 is 10.2 Å². The largest absolute Gasteiger partial charge is 0.367 e. The van der Waals surface area contributed by atoms with Gasteiger partial charge in [-0.2, -0.15) is 0 Å². The molecule has 1 saturated heterocycles. The molecule has 1 aromatic heterocycles. The van der Waals surface area contributed by atoms with Crippen LogP contribution in [0.5, 0.6) is 0 Å². The molecule has 1 aliphatic heterocycles. The normalized spacial score (nSPS) is 30.5. The molecule has 2 heterocycles. The van der Waals surface area contributed by atoms with E-state index in [1.807, 2.05) is 17.0 Å². The van der Waals surface area contributed by atoms with Gasteiger partial charge in [-0.1, -0.05) is 12.8 Å². The summed E-state index contributed by atoms with van der Waals surface area (Å²) in [7, 11) is 0. The number of aromatic nitrogens is 1. The number of fused-ring (bicyclic) bond motifs is 1. The molecule has 0 bridgehead atoms. The van der Waals surface area contributed by atoms with Crippen LogP contribution in [-0.4, -0.2) is 34.9 Å². The Balaban J connectivity index is 1.46. The molecule has 0 spiro atoms. The average Bonchev–Trinajstić information content (AvgIpc) is 3.26. The van der Waals surface area contributed by atoms with Crippen LogP contribution in [0.1, 0.15) is 55.3 Å². The molecular formula is C18H25N3O. The van der Waals surface area contributed by atoms with E-state index in [2.05, 4.69) is 10.3 Å². The molecule has 3 atom stereocenters. The zero-order valence-corrected chi connectivity index (χ0v) is 13.1. The van der Waals surface area contributed by atoms with Crippen molar-refractivity contribution in [3.8, 4) is 0 Å². The summed E-state index contributed by atoms with van der Waals surface area (Å²) in [5.41, 5.74) is 0.778. The lowest BCUT2D eigenvalue weighted by Gasteiger charge is -2.21. The third kappa shape index (κ3) is 2.59. The van der Waals surface area contributed by atoms with Gasteiger partial charge in [-0.3, -0.25) is 4.79 Å². The van der Waals surface area contributed by atoms with Crippen molar-refractivity contribution in [1.29, 1.82) is 0 Å². The van der Waals surface area contributed by atoms with Crippen molar-refractivity contribution in [3.63, 3.8) is 0 Å². The van der Waals surface area contributed by atoms with Crippen molar-refractivity contribution >= 4 is 11.7 Å². The standard InChI is InChI=1S/C18H25N3O/c22-18(21-10-1-2-11-21)14-8-9-19-17(12-14)20-16-7-6-13-4-3-5-15(13)16/h8-9,12-13,15-16H,1-7,10-11H2,(H,19,20)/t13-,15-,16-/m0/s1. The van der Waals surface area contributed by atoms with E-state index in [9.17, 15) is 4.79 Å². The van der Waals surface area contributed by atoms with Gasteiger partial charge in [0.15, 0.2) is 0 Å². The van der Waals surface area contributed by atoms with Gasteiger partial charge in [0.25, 0.3) is 5.91 Å². The maximum Gasteiger partial charge on any atom is 0.254 e. The van der Waals surface area contributed by atoms with E-state index in [0.717, 1.165) is 49.1 Å². The lowest BCUT2D eigenvalue weighted by molar-refractivity contribution is 0.0792. The van der Waals surface area contributed by atoms with Crippen LogP contribution in [0.2, 0.25) is 0 Å². The molecule has 22 heavy (non-hydrogen) atoms. The summed E-state index contributed by atoms with van der Waals surface area (Å²) in [4.78, 5) is 18.9. The Labute approximate surface area is 132 Å². The topological polar surface area (TPSA) is 45.2 Å². The first-order valence-electron chi connectivity index (χ1n) is 8.83. The quantitative estimate of drug-likeness (QED) is 0.931. The second-order valence-corrected chi connectivity index (χ2v) is 7.11. The highest BCUT2D eigenvalue weighted by atomic mass is 16.2. The lowest BCUT2D eigenvalue weighted by Crippen LogP contribution is -2.28. The van der Waals surface area contributed by atoms with Gasteiger partial charge in [-0.05, 0) is 56.1 Å². The Morgan fingerprint density at radius 1 is 1.14 bits per heavy atom. The van der Waals surface area contributed by atoms with Gasteiger partial charge in [0, 0.05) is 30.9 Å². The second-order valence-electron chi connectivity index (χ2n) is 7.11. The van der Waals surface area contributed by atoms with Crippen molar-refractivity contribution in [2.75, 3.05) is 18.4 Å². The van der Waals surface area contributed by atoms with E-state index in [0.29, 0.717) is 6.04 Å². The van der Waals surface area contributed by atoms with E-state index >= 15 is 0 Å². The number of anilines is 1. The van der Waals surface area contributed by atoms with Crippen LogP contribution in [0.15, 0.2) is 18.3 Å². The molecule has 3 aliphatic rings. The summed E-state index contributed by atoms with van der Waals surface area (Å²) in [5.74, 6) is 2.78. The zero-order valence-electron chi connectivity index (χ0n) is 13.1. The van der Waals surface area contributed by atoms with E-state index < -0.39 is 0 Å². The molecule has 2 aliphatic carbocycles. The third-order valence-corrected chi connectivity index (χ3v) is 5.82. The van der Waals surface area contributed by atoms with E-state index in [1.165, 1.54) is 32.1 Å². The minimum absolute atomic E-state index is 0.160. The Hall–Kier alpha value is -1.58. The Morgan fingerprint density at radius 3 is 2.86 bits per heavy atom. The summed E-state index contributed by atoms with van der Waals surface area (Å²) >= 11 is 0.